The van der Waals surface area contributed by atoms with Crippen molar-refractivity contribution in [3.05, 3.63) is 15.8 Å². The standard InChI is InChI=1S/C10H17NO3S2/c1-7-6-9(8(2)15-7)16(12,13)11-14-10(3,4)5/h6,11H,1-5H3. The molecular formula is C10H17NO3S2. The van der Waals surface area contributed by atoms with Gasteiger partial charge in [0.1, 0.15) is 0 Å². The highest BCUT2D eigenvalue weighted by Gasteiger charge is 2.22. The average Bonchev–Trinajstić information content (AvgIpc) is 2.42. The minimum atomic E-state index is -3.57. The Hall–Kier alpha value is -0.430. The lowest BCUT2D eigenvalue weighted by Crippen LogP contribution is -2.33. The maximum absolute atomic E-state index is 11.9. The molecule has 0 saturated heterocycles. The molecule has 1 aromatic rings. The number of sulfonamides is 1. The van der Waals surface area contributed by atoms with Gasteiger partial charge in [-0.25, -0.2) is 8.42 Å². The van der Waals surface area contributed by atoms with Gasteiger partial charge < -0.3 is 0 Å². The highest BCUT2D eigenvalue weighted by Crippen LogP contribution is 2.25. The van der Waals surface area contributed by atoms with E-state index in [4.69, 9.17) is 4.84 Å². The lowest BCUT2D eigenvalue weighted by molar-refractivity contribution is -0.0357. The van der Waals surface area contributed by atoms with Crippen molar-refractivity contribution in [1.29, 1.82) is 0 Å². The van der Waals surface area contributed by atoms with E-state index in [1.807, 2.05) is 6.92 Å². The summed E-state index contributed by atoms with van der Waals surface area (Å²) in [6.07, 6.45) is 0. The summed E-state index contributed by atoms with van der Waals surface area (Å²) in [7, 11) is -3.57. The third-order valence-corrected chi connectivity index (χ3v) is 4.14. The lowest BCUT2D eigenvalue weighted by atomic mass is 10.2. The first-order valence-electron chi connectivity index (χ1n) is 4.89. The lowest BCUT2D eigenvalue weighted by Gasteiger charge is -2.19. The van der Waals surface area contributed by atoms with Crippen LogP contribution in [0.3, 0.4) is 0 Å². The molecule has 0 aliphatic carbocycles. The van der Waals surface area contributed by atoms with Crippen molar-refractivity contribution in [3.8, 4) is 0 Å². The Kier molecular flexibility index (Phi) is 3.79. The van der Waals surface area contributed by atoms with E-state index in [2.05, 4.69) is 4.89 Å². The van der Waals surface area contributed by atoms with E-state index in [1.54, 1.807) is 33.8 Å². The van der Waals surface area contributed by atoms with Gasteiger partial charge in [-0.05, 0) is 40.7 Å². The Morgan fingerprint density at radius 1 is 1.31 bits per heavy atom. The van der Waals surface area contributed by atoms with Gasteiger partial charge in [0.2, 0.25) is 0 Å². The average molecular weight is 263 g/mol. The van der Waals surface area contributed by atoms with Crippen LogP contribution in [0.4, 0.5) is 0 Å². The molecule has 0 unspecified atom stereocenters. The minimum absolute atomic E-state index is 0.291. The molecule has 0 aromatic carbocycles. The first-order valence-corrected chi connectivity index (χ1v) is 7.19. The topological polar surface area (TPSA) is 55.4 Å². The normalized spacial score (nSPS) is 13.1. The molecule has 92 valence electrons. The van der Waals surface area contributed by atoms with E-state index in [0.717, 1.165) is 9.75 Å². The molecule has 0 aliphatic heterocycles. The fourth-order valence-electron chi connectivity index (χ4n) is 1.10. The first-order chi connectivity index (χ1) is 7.12. The highest BCUT2D eigenvalue weighted by molar-refractivity contribution is 7.89. The summed E-state index contributed by atoms with van der Waals surface area (Å²) < 4.78 is 23.8. The molecule has 0 aliphatic rings. The van der Waals surface area contributed by atoms with Crippen LogP contribution < -0.4 is 4.89 Å². The van der Waals surface area contributed by atoms with E-state index in [0.29, 0.717) is 4.90 Å². The van der Waals surface area contributed by atoms with E-state index in [-0.39, 0.29) is 0 Å². The molecule has 0 bridgehead atoms. The van der Waals surface area contributed by atoms with Crippen molar-refractivity contribution < 1.29 is 13.3 Å². The third kappa shape index (κ3) is 3.55. The molecule has 0 radical (unpaired) electrons. The van der Waals surface area contributed by atoms with E-state index in [9.17, 15) is 8.42 Å². The number of hydrogen-bond acceptors (Lipinski definition) is 4. The van der Waals surface area contributed by atoms with Crippen LogP contribution in [0.1, 0.15) is 30.5 Å². The third-order valence-electron chi connectivity index (χ3n) is 1.74. The second-order valence-corrected chi connectivity index (χ2v) is 7.65. The van der Waals surface area contributed by atoms with Crippen molar-refractivity contribution in [2.24, 2.45) is 0 Å². The summed E-state index contributed by atoms with van der Waals surface area (Å²) in [6, 6.07) is 1.65. The van der Waals surface area contributed by atoms with Crippen LogP contribution in [0.25, 0.3) is 0 Å². The Morgan fingerprint density at radius 2 is 1.88 bits per heavy atom. The zero-order chi connectivity index (χ0) is 12.6. The molecule has 1 aromatic heterocycles. The van der Waals surface area contributed by atoms with E-state index >= 15 is 0 Å². The smallest absolute Gasteiger partial charge is 0.263 e. The molecule has 0 saturated carbocycles. The Bertz CT molecular complexity index is 469. The highest BCUT2D eigenvalue weighted by atomic mass is 32.2. The van der Waals surface area contributed by atoms with Gasteiger partial charge in [-0.1, -0.05) is 4.89 Å². The van der Waals surface area contributed by atoms with Crippen LogP contribution in [0, 0.1) is 13.8 Å². The number of aryl methyl sites for hydroxylation is 2. The molecule has 16 heavy (non-hydrogen) atoms. The largest absolute Gasteiger partial charge is 0.281 e. The van der Waals surface area contributed by atoms with Crippen molar-refractivity contribution >= 4 is 21.4 Å². The second-order valence-electron chi connectivity index (χ2n) is 4.58. The molecule has 0 amide bonds. The predicted octanol–water partition coefficient (Wildman–Crippen LogP) is 2.37. The van der Waals surface area contributed by atoms with Crippen LogP contribution in [0.5, 0.6) is 0 Å². The van der Waals surface area contributed by atoms with Crippen LogP contribution in [-0.2, 0) is 14.9 Å². The van der Waals surface area contributed by atoms with Crippen molar-refractivity contribution in [2.45, 2.75) is 45.1 Å². The van der Waals surface area contributed by atoms with Gasteiger partial charge in [-0.15, -0.1) is 11.3 Å². The summed E-state index contributed by atoms with van der Waals surface area (Å²) in [6.45, 7) is 8.99. The Labute approximate surface area is 101 Å². The molecule has 0 spiro atoms. The first kappa shape index (κ1) is 13.6. The molecule has 4 nitrogen and oxygen atoms in total. The van der Waals surface area contributed by atoms with Gasteiger partial charge in [-0.3, -0.25) is 4.84 Å². The zero-order valence-corrected chi connectivity index (χ0v) is 11.8. The molecule has 6 heteroatoms. The quantitative estimate of drug-likeness (QED) is 0.852. The monoisotopic (exact) mass is 263 g/mol. The molecule has 1 heterocycles. The van der Waals surface area contributed by atoms with Gasteiger partial charge in [0.15, 0.2) is 0 Å². The van der Waals surface area contributed by atoms with E-state index in [1.165, 1.54) is 11.3 Å². The molecule has 0 atom stereocenters. The summed E-state index contributed by atoms with van der Waals surface area (Å²) >= 11 is 1.45. The minimum Gasteiger partial charge on any atom is -0.281 e. The number of hydrogen-bond donors (Lipinski definition) is 1. The maximum Gasteiger partial charge on any atom is 0.263 e. The fourth-order valence-corrected chi connectivity index (χ4v) is 3.61. The number of rotatable bonds is 3. The van der Waals surface area contributed by atoms with Gasteiger partial charge in [0.25, 0.3) is 10.0 Å². The van der Waals surface area contributed by atoms with Crippen molar-refractivity contribution in [3.63, 3.8) is 0 Å². The molecule has 0 fully saturated rings. The van der Waals surface area contributed by atoms with Crippen LogP contribution >= 0.6 is 11.3 Å². The van der Waals surface area contributed by atoms with Gasteiger partial charge in [0, 0.05) is 9.75 Å². The molecule has 1 N–H and O–H groups in total. The predicted molar refractivity (Wildman–Crippen MR) is 65.0 cm³/mol. The second kappa shape index (κ2) is 4.44. The summed E-state index contributed by atoms with van der Waals surface area (Å²) in [5.41, 5.74) is -0.550. The summed E-state index contributed by atoms with van der Waals surface area (Å²) in [4.78, 5) is 9.25. The van der Waals surface area contributed by atoms with Crippen LogP contribution in [-0.4, -0.2) is 14.0 Å². The SMILES string of the molecule is Cc1cc(S(=O)(=O)NOC(C)(C)C)c(C)s1. The molecular weight excluding hydrogens is 246 g/mol. The van der Waals surface area contributed by atoms with Gasteiger partial charge in [0.05, 0.1) is 10.5 Å². The summed E-state index contributed by atoms with van der Waals surface area (Å²) in [5, 5.41) is 0. The molecule has 1 rings (SSSR count). The Balaban J connectivity index is 2.91. The van der Waals surface area contributed by atoms with Crippen molar-refractivity contribution in [2.75, 3.05) is 0 Å². The van der Waals surface area contributed by atoms with Crippen LogP contribution in [0.15, 0.2) is 11.0 Å². The van der Waals surface area contributed by atoms with Gasteiger partial charge >= 0.3 is 0 Å². The summed E-state index contributed by atoms with van der Waals surface area (Å²) in [5.74, 6) is 0. The number of thiophene rings is 1. The Morgan fingerprint density at radius 3 is 2.25 bits per heavy atom. The maximum atomic E-state index is 11.9. The van der Waals surface area contributed by atoms with Crippen LogP contribution in [0.2, 0.25) is 0 Å². The van der Waals surface area contributed by atoms with Gasteiger partial charge in [-0.2, -0.15) is 0 Å². The fraction of sp³-hybridized carbons (Fsp3) is 0.600. The number of nitrogens with one attached hydrogen (secondary N) is 1. The van der Waals surface area contributed by atoms with Crippen molar-refractivity contribution in [1.82, 2.24) is 4.89 Å². The van der Waals surface area contributed by atoms with E-state index < -0.39 is 15.6 Å². The zero-order valence-electron chi connectivity index (χ0n) is 10.1.